The second-order valence-corrected chi connectivity index (χ2v) is 6.16. The van der Waals surface area contributed by atoms with Crippen molar-refractivity contribution in [1.29, 1.82) is 0 Å². The van der Waals surface area contributed by atoms with Crippen LogP contribution in [0.2, 0.25) is 0 Å². The zero-order valence-electron chi connectivity index (χ0n) is 14.2. The molecule has 126 valence electrons. The molecule has 1 aliphatic rings. The molecule has 1 unspecified atom stereocenters. The quantitative estimate of drug-likeness (QED) is 0.740. The maximum Gasteiger partial charge on any atom is 0.255 e. The van der Waals surface area contributed by atoms with Gasteiger partial charge in [0.2, 0.25) is 0 Å². The Morgan fingerprint density at radius 1 is 0.846 bits per heavy atom. The third kappa shape index (κ3) is 3.33. The maximum atomic E-state index is 12.9. The number of allylic oxidation sites excluding steroid dienone is 2. The van der Waals surface area contributed by atoms with Gasteiger partial charge in [0.1, 0.15) is 0 Å². The molecule has 0 spiro atoms. The molecule has 1 N–H and O–H groups in total. The standard InChI is InChI=1S/C23H18N2O/c26-23(25-20-11-5-2-6-12-20)22-15-19(18-10-7-13-24-16-18)14-21(22)17-8-3-1-4-9-17/h1-16,19H,(H,25,26). The Labute approximate surface area is 152 Å². The van der Waals surface area contributed by atoms with Gasteiger partial charge in [-0.15, -0.1) is 0 Å². The molecule has 0 saturated carbocycles. The lowest BCUT2D eigenvalue weighted by atomic mass is 10.00. The van der Waals surface area contributed by atoms with Gasteiger partial charge in [-0.2, -0.15) is 0 Å². The SMILES string of the molecule is O=C(Nc1ccccc1)C1=CC(c2cccnc2)C=C1c1ccccc1. The molecule has 0 aliphatic heterocycles. The van der Waals surface area contributed by atoms with Crippen LogP contribution < -0.4 is 5.32 Å². The lowest BCUT2D eigenvalue weighted by Gasteiger charge is -2.10. The zero-order valence-corrected chi connectivity index (χ0v) is 14.2. The Balaban J connectivity index is 1.70. The monoisotopic (exact) mass is 338 g/mol. The Hall–Kier alpha value is -3.46. The van der Waals surface area contributed by atoms with Crippen LogP contribution in [-0.4, -0.2) is 10.9 Å². The summed E-state index contributed by atoms with van der Waals surface area (Å²) in [5.41, 5.74) is 4.54. The van der Waals surface area contributed by atoms with E-state index in [1.165, 1.54) is 0 Å². The normalized spacial score (nSPS) is 15.9. The number of rotatable bonds is 4. The van der Waals surface area contributed by atoms with Crippen molar-refractivity contribution in [1.82, 2.24) is 4.98 Å². The first-order valence-electron chi connectivity index (χ1n) is 8.57. The van der Waals surface area contributed by atoms with Crippen LogP contribution in [0.3, 0.4) is 0 Å². The van der Waals surface area contributed by atoms with Gasteiger partial charge in [-0.1, -0.05) is 66.7 Å². The second kappa shape index (κ2) is 7.19. The molecule has 3 nitrogen and oxygen atoms in total. The van der Waals surface area contributed by atoms with E-state index in [9.17, 15) is 4.79 Å². The molecule has 4 rings (SSSR count). The first-order chi connectivity index (χ1) is 12.8. The number of amides is 1. The van der Waals surface area contributed by atoms with Crippen LogP contribution >= 0.6 is 0 Å². The molecule has 0 saturated heterocycles. The number of anilines is 1. The van der Waals surface area contributed by atoms with Crippen molar-refractivity contribution in [3.05, 3.63) is 114 Å². The topological polar surface area (TPSA) is 42.0 Å². The fourth-order valence-electron chi connectivity index (χ4n) is 3.14. The van der Waals surface area contributed by atoms with Crippen molar-refractivity contribution < 1.29 is 4.79 Å². The van der Waals surface area contributed by atoms with E-state index in [1.807, 2.05) is 85.1 Å². The van der Waals surface area contributed by atoms with Crippen LogP contribution in [0.4, 0.5) is 5.69 Å². The third-order valence-electron chi connectivity index (χ3n) is 4.41. The largest absolute Gasteiger partial charge is 0.322 e. The number of aromatic nitrogens is 1. The van der Waals surface area contributed by atoms with Crippen molar-refractivity contribution in [2.75, 3.05) is 5.32 Å². The lowest BCUT2D eigenvalue weighted by molar-refractivity contribution is -0.112. The predicted octanol–water partition coefficient (Wildman–Crippen LogP) is 4.83. The van der Waals surface area contributed by atoms with Gasteiger partial charge in [-0.05, 0) is 34.9 Å². The number of hydrogen-bond donors (Lipinski definition) is 1. The summed E-state index contributed by atoms with van der Waals surface area (Å²) < 4.78 is 0. The van der Waals surface area contributed by atoms with Crippen LogP contribution in [0.1, 0.15) is 17.0 Å². The molecule has 3 aromatic rings. The van der Waals surface area contributed by atoms with Gasteiger partial charge in [-0.25, -0.2) is 0 Å². The number of benzene rings is 2. The van der Waals surface area contributed by atoms with E-state index < -0.39 is 0 Å². The average Bonchev–Trinajstić information content (AvgIpc) is 3.16. The highest BCUT2D eigenvalue weighted by atomic mass is 16.1. The molecular weight excluding hydrogens is 320 g/mol. The van der Waals surface area contributed by atoms with Crippen molar-refractivity contribution in [2.24, 2.45) is 0 Å². The molecule has 2 aromatic carbocycles. The zero-order chi connectivity index (χ0) is 17.8. The van der Waals surface area contributed by atoms with Crippen LogP contribution in [0, 0.1) is 0 Å². The average molecular weight is 338 g/mol. The van der Waals surface area contributed by atoms with Gasteiger partial charge < -0.3 is 5.32 Å². The van der Waals surface area contributed by atoms with Gasteiger partial charge in [0.25, 0.3) is 5.91 Å². The molecule has 0 fully saturated rings. The van der Waals surface area contributed by atoms with E-state index >= 15 is 0 Å². The van der Waals surface area contributed by atoms with Gasteiger partial charge in [0.05, 0.1) is 0 Å². The van der Waals surface area contributed by atoms with Crippen molar-refractivity contribution in [3.63, 3.8) is 0 Å². The number of nitrogens with zero attached hydrogens (tertiary/aromatic N) is 1. The van der Waals surface area contributed by atoms with E-state index in [1.54, 1.807) is 6.20 Å². The minimum Gasteiger partial charge on any atom is -0.322 e. The minimum absolute atomic E-state index is 0.0374. The first-order valence-corrected chi connectivity index (χ1v) is 8.57. The number of carbonyl (C=O) groups excluding carboxylic acids is 1. The van der Waals surface area contributed by atoms with E-state index in [0.29, 0.717) is 5.57 Å². The number of pyridine rings is 1. The number of para-hydroxylation sites is 1. The van der Waals surface area contributed by atoms with Gasteiger partial charge in [0.15, 0.2) is 0 Å². The third-order valence-corrected chi connectivity index (χ3v) is 4.41. The van der Waals surface area contributed by atoms with Crippen LogP contribution in [-0.2, 0) is 4.79 Å². The van der Waals surface area contributed by atoms with Gasteiger partial charge in [0, 0.05) is 29.6 Å². The molecule has 26 heavy (non-hydrogen) atoms. The second-order valence-electron chi connectivity index (χ2n) is 6.16. The summed E-state index contributed by atoms with van der Waals surface area (Å²) in [6, 6.07) is 23.5. The summed E-state index contributed by atoms with van der Waals surface area (Å²) in [5, 5.41) is 2.99. The fourth-order valence-corrected chi connectivity index (χ4v) is 3.14. The Bertz CT molecular complexity index is 961. The first kappa shape index (κ1) is 16.0. The van der Waals surface area contributed by atoms with Gasteiger partial charge in [-0.3, -0.25) is 9.78 Å². The smallest absolute Gasteiger partial charge is 0.255 e. The van der Waals surface area contributed by atoms with E-state index in [0.717, 1.165) is 22.4 Å². The molecule has 1 amide bonds. The van der Waals surface area contributed by atoms with Crippen LogP contribution in [0.25, 0.3) is 5.57 Å². The summed E-state index contributed by atoms with van der Waals surface area (Å²) in [7, 11) is 0. The molecule has 1 heterocycles. The summed E-state index contributed by atoms with van der Waals surface area (Å²) in [6.07, 6.45) is 7.75. The summed E-state index contributed by atoms with van der Waals surface area (Å²) >= 11 is 0. The van der Waals surface area contributed by atoms with Crippen molar-refractivity contribution in [2.45, 2.75) is 5.92 Å². The molecular formula is C23H18N2O. The lowest BCUT2D eigenvalue weighted by Crippen LogP contribution is -2.14. The number of nitrogens with one attached hydrogen (secondary N) is 1. The summed E-state index contributed by atoms with van der Waals surface area (Å²) in [4.78, 5) is 17.1. The highest BCUT2D eigenvalue weighted by Gasteiger charge is 2.25. The summed E-state index contributed by atoms with van der Waals surface area (Å²) in [6.45, 7) is 0. The highest BCUT2D eigenvalue weighted by Crippen LogP contribution is 2.37. The molecule has 3 heteroatoms. The molecule has 1 atom stereocenters. The Morgan fingerprint density at radius 2 is 1.58 bits per heavy atom. The van der Waals surface area contributed by atoms with E-state index in [4.69, 9.17) is 0 Å². The van der Waals surface area contributed by atoms with Crippen molar-refractivity contribution >= 4 is 17.2 Å². The van der Waals surface area contributed by atoms with Crippen LogP contribution in [0.5, 0.6) is 0 Å². The number of carbonyl (C=O) groups is 1. The Kier molecular flexibility index (Phi) is 4.44. The number of hydrogen-bond acceptors (Lipinski definition) is 2. The van der Waals surface area contributed by atoms with Gasteiger partial charge >= 0.3 is 0 Å². The van der Waals surface area contributed by atoms with E-state index in [-0.39, 0.29) is 11.8 Å². The minimum atomic E-state index is -0.0994. The van der Waals surface area contributed by atoms with E-state index in [2.05, 4.69) is 16.4 Å². The predicted molar refractivity (Wildman–Crippen MR) is 105 cm³/mol. The summed E-state index contributed by atoms with van der Waals surface area (Å²) in [5.74, 6) is -0.0619. The van der Waals surface area contributed by atoms with Crippen LogP contribution in [0.15, 0.2) is 103 Å². The molecule has 1 aromatic heterocycles. The molecule has 1 aliphatic carbocycles. The maximum absolute atomic E-state index is 12.9. The molecule has 0 radical (unpaired) electrons. The highest BCUT2D eigenvalue weighted by molar-refractivity contribution is 6.16. The van der Waals surface area contributed by atoms with Crippen molar-refractivity contribution in [3.8, 4) is 0 Å². The Morgan fingerprint density at radius 3 is 2.27 bits per heavy atom. The molecule has 0 bridgehead atoms. The fraction of sp³-hybridized carbons (Fsp3) is 0.0435.